The van der Waals surface area contributed by atoms with E-state index in [4.69, 9.17) is 10.3 Å². The summed E-state index contributed by atoms with van der Waals surface area (Å²) < 4.78 is 19.2. The van der Waals surface area contributed by atoms with E-state index >= 15 is 0 Å². The second-order valence-electron chi connectivity index (χ2n) is 4.34. The van der Waals surface area contributed by atoms with Crippen LogP contribution in [0.3, 0.4) is 0 Å². The lowest BCUT2D eigenvalue weighted by Gasteiger charge is -1.97. The molecule has 2 heterocycles. The SMILES string of the molecule is NCc1ccc(-c2nc(-c3cc(F)cc(Br)c3)no2)nc1. The van der Waals surface area contributed by atoms with Crippen LogP contribution in [0.5, 0.6) is 0 Å². The quantitative estimate of drug-likeness (QED) is 0.786. The predicted octanol–water partition coefficient (Wildman–Crippen LogP) is 3.16. The number of benzene rings is 1. The molecule has 3 aromatic rings. The van der Waals surface area contributed by atoms with E-state index in [-0.39, 0.29) is 11.7 Å². The molecule has 21 heavy (non-hydrogen) atoms. The largest absolute Gasteiger partial charge is 0.332 e. The van der Waals surface area contributed by atoms with Gasteiger partial charge in [-0.05, 0) is 29.8 Å². The van der Waals surface area contributed by atoms with Crippen LogP contribution in [-0.4, -0.2) is 15.1 Å². The van der Waals surface area contributed by atoms with Crippen molar-refractivity contribution in [2.24, 2.45) is 5.73 Å². The van der Waals surface area contributed by atoms with Crippen LogP contribution in [0.25, 0.3) is 23.0 Å². The van der Waals surface area contributed by atoms with Gasteiger partial charge < -0.3 is 10.3 Å². The van der Waals surface area contributed by atoms with Crippen molar-refractivity contribution in [3.8, 4) is 23.0 Å². The van der Waals surface area contributed by atoms with Crippen LogP contribution >= 0.6 is 15.9 Å². The molecule has 1 aromatic carbocycles. The van der Waals surface area contributed by atoms with Crippen LogP contribution < -0.4 is 5.73 Å². The number of halogens is 2. The first-order valence-electron chi connectivity index (χ1n) is 6.11. The molecule has 0 saturated carbocycles. The summed E-state index contributed by atoms with van der Waals surface area (Å²) in [4.78, 5) is 8.43. The average molecular weight is 349 g/mol. The lowest BCUT2D eigenvalue weighted by molar-refractivity contribution is 0.431. The highest BCUT2D eigenvalue weighted by Gasteiger charge is 2.13. The van der Waals surface area contributed by atoms with Gasteiger partial charge in [-0.3, -0.25) is 4.98 Å². The van der Waals surface area contributed by atoms with E-state index in [1.54, 1.807) is 18.3 Å². The lowest BCUT2D eigenvalue weighted by Crippen LogP contribution is -1.96. The second kappa shape index (κ2) is 5.71. The molecule has 2 aromatic heterocycles. The minimum absolute atomic E-state index is 0.272. The van der Waals surface area contributed by atoms with E-state index in [2.05, 4.69) is 31.1 Å². The number of nitrogens with two attached hydrogens (primary N) is 1. The summed E-state index contributed by atoms with van der Waals surface area (Å²) in [6.45, 7) is 0.416. The number of hydrogen-bond donors (Lipinski definition) is 1. The Kier molecular flexibility index (Phi) is 3.76. The Morgan fingerprint density at radius 3 is 2.76 bits per heavy atom. The molecule has 3 rings (SSSR count). The highest BCUT2D eigenvalue weighted by Crippen LogP contribution is 2.24. The molecule has 0 spiro atoms. The van der Waals surface area contributed by atoms with Crippen LogP contribution in [0.4, 0.5) is 4.39 Å². The van der Waals surface area contributed by atoms with Crippen molar-refractivity contribution < 1.29 is 8.91 Å². The van der Waals surface area contributed by atoms with E-state index in [1.807, 2.05) is 6.07 Å². The topological polar surface area (TPSA) is 77.8 Å². The fourth-order valence-corrected chi connectivity index (χ4v) is 2.26. The standard InChI is InChI=1S/C14H10BrFN4O/c15-10-3-9(4-11(16)5-10)13-19-14(21-20-13)12-2-1-8(6-17)7-18-12/h1-5,7H,6,17H2. The third kappa shape index (κ3) is 2.98. The van der Waals surface area contributed by atoms with Crippen molar-refractivity contribution in [2.45, 2.75) is 6.54 Å². The fraction of sp³-hybridized carbons (Fsp3) is 0.0714. The van der Waals surface area contributed by atoms with Crippen LogP contribution in [0, 0.1) is 5.82 Å². The molecule has 0 radical (unpaired) electrons. The summed E-state index contributed by atoms with van der Waals surface area (Å²) in [5.41, 5.74) is 7.49. The molecule has 7 heteroatoms. The molecule has 0 atom stereocenters. The van der Waals surface area contributed by atoms with Crippen molar-refractivity contribution in [3.63, 3.8) is 0 Å². The number of nitrogens with zero attached hydrogens (tertiary/aromatic N) is 3. The maximum absolute atomic E-state index is 13.4. The van der Waals surface area contributed by atoms with Gasteiger partial charge in [0.25, 0.3) is 5.89 Å². The van der Waals surface area contributed by atoms with E-state index in [9.17, 15) is 4.39 Å². The monoisotopic (exact) mass is 348 g/mol. The number of hydrogen-bond acceptors (Lipinski definition) is 5. The summed E-state index contributed by atoms with van der Waals surface area (Å²) >= 11 is 3.23. The lowest BCUT2D eigenvalue weighted by atomic mass is 10.2. The molecule has 0 aliphatic carbocycles. The Morgan fingerprint density at radius 1 is 1.24 bits per heavy atom. The molecule has 0 amide bonds. The molecule has 0 aliphatic rings. The number of aromatic nitrogens is 3. The van der Waals surface area contributed by atoms with Gasteiger partial charge in [0.1, 0.15) is 11.5 Å². The first-order chi connectivity index (χ1) is 10.2. The highest BCUT2D eigenvalue weighted by atomic mass is 79.9. The Hall–Kier alpha value is -2.12. The van der Waals surface area contributed by atoms with Crippen molar-refractivity contribution in [1.29, 1.82) is 0 Å². The minimum Gasteiger partial charge on any atom is -0.332 e. The number of pyridine rings is 1. The Bertz CT molecular complexity index is 753. The van der Waals surface area contributed by atoms with Gasteiger partial charge in [-0.2, -0.15) is 4.98 Å². The summed E-state index contributed by atoms with van der Waals surface area (Å²) in [5.74, 6) is 0.194. The van der Waals surface area contributed by atoms with E-state index in [0.717, 1.165) is 5.56 Å². The molecule has 0 saturated heterocycles. The summed E-state index contributed by atoms with van der Waals surface area (Å²) in [7, 11) is 0. The first-order valence-corrected chi connectivity index (χ1v) is 6.90. The van der Waals surface area contributed by atoms with Crippen LogP contribution in [0.2, 0.25) is 0 Å². The Morgan fingerprint density at radius 2 is 2.10 bits per heavy atom. The predicted molar refractivity (Wildman–Crippen MR) is 78.5 cm³/mol. The van der Waals surface area contributed by atoms with E-state index in [1.165, 1.54) is 12.1 Å². The van der Waals surface area contributed by atoms with Gasteiger partial charge >= 0.3 is 0 Å². The number of rotatable bonds is 3. The summed E-state index contributed by atoms with van der Waals surface area (Å²) in [6.07, 6.45) is 1.65. The second-order valence-corrected chi connectivity index (χ2v) is 5.25. The minimum atomic E-state index is -0.379. The zero-order valence-electron chi connectivity index (χ0n) is 10.8. The summed E-state index contributed by atoms with van der Waals surface area (Å²) in [5, 5.41) is 3.85. The maximum atomic E-state index is 13.4. The van der Waals surface area contributed by atoms with E-state index in [0.29, 0.717) is 28.1 Å². The van der Waals surface area contributed by atoms with Gasteiger partial charge in [0.05, 0.1) is 0 Å². The van der Waals surface area contributed by atoms with Gasteiger partial charge in [-0.15, -0.1) is 0 Å². The van der Waals surface area contributed by atoms with Gasteiger partial charge in [0.2, 0.25) is 5.82 Å². The fourth-order valence-electron chi connectivity index (χ4n) is 1.80. The third-order valence-electron chi connectivity index (χ3n) is 2.83. The molecule has 0 bridgehead atoms. The van der Waals surface area contributed by atoms with Gasteiger partial charge in [0, 0.05) is 22.8 Å². The van der Waals surface area contributed by atoms with Crippen molar-refractivity contribution in [2.75, 3.05) is 0 Å². The third-order valence-corrected chi connectivity index (χ3v) is 3.28. The zero-order chi connectivity index (χ0) is 14.8. The molecule has 5 nitrogen and oxygen atoms in total. The smallest absolute Gasteiger partial charge is 0.276 e. The molecule has 2 N–H and O–H groups in total. The Balaban J connectivity index is 1.95. The molecule has 0 fully saturated rings. The molecule has 106 valence electrons. The molecular weight excluding hydrogens is 339 g/mol. The zero-order valence-corrected chi connectivity index (χ0v) is 12.3. The highest BCUT2D eigenvalue weighted by molar-refractivity contribution is 9.10. The van der Waals surface area contributed by atoms with Crippen LogP contribution in [-0.2, 0) is 6.54 Å². The van der Waals surface area contributed by atoms with E-state index < -0.39 is 0 Å². The van der Waals surface area contributed by atoms with Crippen molar-refractivity contribution in [3.05, 3.63) is 52.4 Å². The van der Waals surface area contributed by atoms with Gasteiger partial charge in [-0.25, -0.2) is 4.39 Å². The van der Waals surface area contributed by atoms with Crippen molar-refractivity contribution in [1.82, 2.24) is 15.1 Å². The normalized spacial score (nSPS) is 10.8. The first kappa shape index (κ1) is 13.8. The van der Waals surface area contributed by atoms with Gasteiger partial charge in [-0.1, -0.05) is 27.2 Å². The molecular formula is C14H10BrFN4O. The van der Waals surface area contributed by atoms with Crippen LogP contribution in [0.1, 0.15) is 5.56 Å². The van der Waals surface area contributed by atoms with Gasteiger partial charge in [0.15, 0.2) is 0 Å². The molecule has 0 unspecified atom stereocenters. The van der Waals surface area contributed by atoms with Crippen LogP contribution in [0.15, 0.2) is 45.5 Å². The Labute approximate surface area is 128 Å². The summed E-state index contributed by atoms with van der Waals surface area (Å²) in [6, 6.07) is 8.00. The average Bonchev–Trinajstić information content (AvgIpc) is 2.96. The maximum Gasteiger partial charge on any atom is 0.276 e. The molecule has 0 aliphatic heterocycles. The van der Waals surface area contributed by atoms with Crippen molar-refractivity contribution >= 4 is 15.9 Å².